The monoisotopic (exact) mass is 364 g/mol. The van der Waals surface area contributed by atoms with Gasteiger partial charge >= 0.3 is 0 Å². The first-order chi connectivity index (χ1) is 13.1. The summed E-state index contributed by atoms with van der Waals surface area (Å²) in [5.41, 5.74) is 4.17. The van der Waals surface area contributed by atoms with Crippen LogP contribution in [0.25, 0.3) is 0 Å². The zero-order chi connectivity index (χ0) is 19.0. The molecule has 1 aliphatic heterocycles. The van der Waals surface area contributed by atoms with E-state index in [4.69, 9.17) is 4.74 Å². The van der Waals surface area contributed by atoms with Gasteiger partial charge in [-0.25, -0.2) is 0 Å². The number of anilines is 1. The molecule has 2 amide bonds. The Hall–Kier alpha value is -2.82. The molecule has 5 nitrogen and oxygen atoms in total. The van der Waals surface area contributed by atoms with Gasteiger partial charge in [0.2, 0.25) is 5.91 Å². The van der Waals surface area contributed by atoms with Crippen molar-refractivity contribution in [1.29, 1.82) is 0 Å². The van der Waals surface area contributed by atoms with Crippen LogP contribution in [0.15, 0.2) is 42.5 Å². The third kappa shape index (κ3) is 3.07. The van der Waals surface area contributed by atoms with Crippen LogP contribution in [0.5, 0.6) is 5.75 Å². The second-order valence-corrected chi connectivity index (χ2v) is 7.17. The van der Waals surface area contributed by atoms with Gasteiger partial charge in [-0.3, -0.25) is 9.59 Å². The van der Waals surface area contributed by atoms with Crippen LogP contribution in [0.2, 0.25) is 0 Å². The summed E-state index contributed by atoms with van der Waals surface area (Å²) in [6.45, 7) is 2.80. The predicted octanol–water partition coefficient (Wildman–Crippen LogP) is 3.06. The van der Waals surface area contributed by atoms with Crippen LogP contribution in [-0.2, 0) is 17.6 Å². The van der Waals surface area contributed by atoms with E-state index in [-0.39, 0.29) is 11.8 Å². The third-order valence-electron chi connectivity index (χ3n) is 5.65. The lowest BCUT2D eigenvalue weighted by molar-refractivity contribution is -0.124. The van der Waals surface area contributed by atoms with Gasteiger partial charge in [0, 0.05) is 18.8 Å². The average molecular weight is 364 g/mol. The number of amides is 2. The number of hydrogen-bond donors (Lipinski definition) is 0. The van der Waals surface area contributed by atoms with E-state index in [1.807, 2.05) is 23.1 Å². The number of para-hydroxylation sites is 1. The summed E-state index contributed by atoms with van der Waals surface area (Å²) in [5.74, 6) is 0.326. The highest BCUT2D eigenvalue weighted by Crippen LogP contribution is 2.29. The maximum absolute atomic E-state index is 13.0. The molecule has 140 valence electrons. The number of hydrogen-bond acceptors (Lipinski definition) is 3. The molecule has 4 rings (SSSR count). The minimum absolute atomic E-state index is 0.0394. The zero-order valence-corrected chi connectivity index (χ0v) is 15.8. The van der Waals surface area contributed by atoms with Crippen LogP contribution in [0.3, 0.4) is 0 Å². The van der Waals surface area contributed by atoms with Gasteiger partial charge < -0.3 is 14.5 Å². The number of carbonyl (C=O) groups is 2. The minimum atomic E-state index is -0.510. The highest BCUT2D eigenvalue weighted by molar-refractivity contribution is 6.04. The number of ether oxygens (including phenoxy) is 1. The summed E-state index contributed by atoms with van der Waals surface area (Å²) in [6.07, 6.45) is 3.39. The number of aryl methyl sites for hydroxylation is 2. The SMILES string of the molecule is COc1ccccc1C(=O)N1CCN(c2ccc3c(c2)CCC3)C(=O)C1C. The van der Waals surface area contributed by atoms with E-state index in [2.05, 4.69) is 12.1 Å². The standard InChI is InChI=1S/C22H24N2O3/c1-15-21(25)24(18-11-10-16-6-5-7-17(16)14-18)13-12-23(15)22(26)19-8-3-4-9-20(19)27-2/h3-4,8-11,14-15H,5-7,12-13H2,1-2H3. The van der Waals surface area contributed by atoms with Crippen molar-refractivity contribution in [3.05, 3.63) is 59.2 Å². The predicted molar refractivity (Wildman–Crippen MR) is 104 cm³/mol. The number of nitrogens with zero attached hydrogens (tertiary/aromatic N) is 2. The van der Waals surface area contributed by atoms with Crippen LogP contribution < -0.4 is 9.64 Å². The molecule has 1 aliphatic carbocycles. The second kappa shape index (κ2) is 7.06. The second-order valence-electron chi connectivity index (χ2n) is 7.17. The van der Waals surface area contributed by atoms with Gasteiger partial charge in [0.05, 0.1) is 12.7 Å². The van der Waals surface area contributed by atoms with Crippen molar-refractivity contribution in [2.75, 3.05) is 25.1 Å². The Bertz CT molecular complexity index is 893. The van der Waals surface area contributed by atoms with Gasteiger partial charge in [-0.2, -0.15) is 0 Å². The molecule has 0 N–H and O–H groups in total. The smallest absolute Gasteiger partial charge is 0.258 e. The number of carbonyl (C=O) groups excluding carboxylic acids is 2. The largest absolute Gasteiger partial charge is 0.496 e. The van der Waals surface area contributed by atoms with Crippen molar-refractivity contribution in [2.45, 2.75) is 32.2 Å². The highest BCUT2D eigenvalue weighted by atomic mass is 16.5. The van der Waals surface area contributed by atoms with Crippen LogP contribution in [-0.4, -0.2) is 43.0 Å². The number of piperazine rings is 1. The highest BCUT2D eigenvalue weighted by Gasteiger charge is 2.36. The molecule has 2 aromatic rings. The fraction of sp³-hybridized carbons (Fsp3) is 0.364. The maximum Gasteiger partial charge on any atom is 0.258 e. The Morgan fingerprint density at radius 1 is 1.07 bits per heavy atom. The molecule has 0 saturated carbocycles. The normalized spacial score (nSPS) is 19.2. The van der Waals surface area contributed by atoms with Crippen molar-refractivity contribution in [3.63, 3.8) is 0 Å². The molecule has 1 heterocycles. The molecule has 5 heteroatoms. The summed E-state index contributed by atoms with van der Waals surface area (Å²) in [6, 6.07) is 13.0. The van der Waals surface area contributed by atoms with Crippen molar-refractivity contribution < 1.29 is 14.3 Å². The van der Waals surface area contributed by atoms with E-state index in [1.54, 1.807) is 31.1 Å². The van der Waals surface area contributed by atoms with Crippen molar-refractivity contribution in [2.24, 2.45) is 0 Å². The maximum atomic E-state index is 13.0. The molecule has 1 unspecified atom stereocenters. The van der Waals surface area contributed by atoms with Crippen LogP contribution in [0, 0.1) is 0 Å². The lowest BCUT2D eigenvalue weighted by Crippen LogP contribution is -2.57. The molecular formula is C22H24N2O3. The average Bonchev–Trinajstić information content (AvgIpc) is 3.17. The fourth-order valence-electron chi connectivity index (χ4n) is 4.11. The summed E-state index contributed by atoms with van der Waals surface area (Å²) >= 11 is 0. The fourth-order valence-corrected chi connectivity index (χ4v) is 4.11. The van der Waals surface area contributed by atoms with Gasteiger partial charge in [0.1, 0.15) is 11.8 Å². The van der Waals surface area contributed by atoms with Crippen LogP contribution >= 0.6 is 0 Å². The van der Waals surface area contributed by atoms with E-state index >= 15 is 0 Å². The topological polar surface area (TPSA) is 49.9 Å². The van der Waals surface area contributed by atoms with Gasteiger partial charge in [0.25, 0.3) is 5.91 Å². The molecule has 1 saturated heterocycles. The molecular weight excluding hydrogens is 340 g/mol. The first kappa shape index (κ1) is 17.6. The first-order valence-electron chi connectivity index (χ1n) is 9.47. The molecule has 2 aliphatic rings. The molecule has 2 aromatic carbocycles. The Morgan fingerprint density at radius 2 is 1.85 bits per heavy atom. The lowest BCUT2D eigenvalue weighted by atomic mass is 10.1. The quantitative estimate of drug-likeness (QED) is 0.841. The van der Waals surface area contributed by atoms with Crippen LogP contribution in [0.1, 0.15) is 34.8 Å². The Balaban J connectivity index is 1.55. The first-order valence-corrected chi connectivity index (χ1v) is 9.47. The molecule has 0 spiro atoms. The number of methoxy groups -OCH3 is 1. The van der Waals surface area contributed by atoms with E-state index in [0.29, 0.717) is 24.4 Å². The molecule has 0 aromatic heterocycles. The van der Waals surface area contributed by atoms with E-state index in [0.717, 1.165) is 18.5 Å². The molecule has 27 heavy (non-hydrogen) atoms. The number of rotatable bonds is 3. The number of fused-ring (bicyclic) bond motifs is 1. The Kier molecular flexibility index (Phi) is 4.60. The van der Waals surface area contributed by atoms with E-state index in [9.17, 15) is 9.59 Å². The lowest BCUT2D eigenvalue weighted by Gasteiger charge is -2.39. The minimum Gasteiger partial charge on any atom is -0.496 e. The summed E-state index contributed by atoms with van der Waals surface area (Å²) in [7, 11) is 1.55. The van der Waals surface area contributed by atoms with Crippen molar-refractivity contribution >= 4 is 17.5 Å². The summed E-state index contributed by atoms with van der Waals surface area (Å²) < 4.78 is 5.31. The van der Waals surface area contributed by atoms with E-state index < -0.39 is 6.04 Å². The van der Waals surface area contributed by atoms with Gasteiger partial charge in [-0.15, -0.1) is 0 Å². The molecule has 0 bridgehead atoms. The third-order valence-corrected chi connectivity index (χ3v) is 5.65. The van der Waals surface area contributed by atoms with Crippen LogP contribution in [0.4, 0.5) is 5.69 Å². The van der Waals surface area contributed by atoms with Crippen molar-refractivity contribution in [1.82, 2.24) is 4.90 Å². The zero-order valence-electron chi connectivity index (χ0n) is 15.8. The van der Waals surface area contributed by atoms with Gasteiger partial charge in [0.15, 0.2) is 0 Å². The number of benzene rings is 2. The van der Waals surface area contributed by atoms with E-state index in [1.165, 1.54) is 17.5 Å². The molecule has 1 fully saturated rings. The molecule has 0 radical (unpaired) electrons. The summed E-state index contributed by atoms with van der Waals surface area (Å²) in [4.78, 5) is 29.5. The Labute approximate surface area is 159 Å². The van der Waals surface area contributed by atoms with Crippen molar-refractivity contribution in [3.8, 4) is 5.75 Å². The van der Waals surface area contributed by atoms with Gasteiger partial charge in [-0.1, -0.05) is 18.2 Å². The summed E-state index contributed by atoms with van der Waals surface area (Å²) in [5, 5.41) is 0. The molecule has 1 atom stereocenters. The van der Waals surface area contributed by atoms with Gasteiger partial charge in [-0.05, 0) is 61.6 Å². The Morgan fingerprint density at radius 3 is 2.67 bits per heavy atom.